The molecule has 0 spiro atoms. The molecule has 0 radical (unpaired) electrons. The number of aliphatic imine (C=N–C) groups is 1. The Morgan fingerprint density at radius 3 is 2.59 bits per heavy atom. The summed E-state index contributed by atoms with van der Waals surface area (Å²) < 4.78 is 12.8. The van der Waals surface area contributed by atoms with Gasteiger partial charge >= 0.3 is 0 Å². The molecule has 9 nitrogen and oxygen atoms in total. The number of likely N-dealkylation sites (tertiary alicyclic amines) is 1. The van der Waals surface area contributed by atoms with Crippen molar-refractivity contribution >= 4 is 29.9 Å². The molecule has 2 aromatic rings. The summed E-state index contributed by atoms with van der Waals surface area (Å²) in [7, 11) is 3.67. The van der Waals surface area contributed by atoms with Crippen molar-refractivity contribution in [2.24, 2.45) is 12.0 Å². The summed E-state index contributed by atoms with van der Waals surface area (Å²) in [5.74, 6) is 3.59. The summed E-state index contributed by atoms with van der Waals surface area (Å²) in [6.07, 6.45) is 1.15. The minimum absolute atomic E-state index is 0. The molecule has 2 aliphatic heterocycles. The van der Waals surface area contributed by atoms with Crippen LogP contribution < -0.4 is 10.1 Å². The van der Waals surface area contributed by atoms with Gasteiger partial charge in [-0.3, -0.25) is 4.90 Å². The third-order valence-electron chi connectivity index (χ3n) is 6.18. The Labute approximate surface area is 207 Å². The molecule has 1 unspecified atom stereocenters. The van der Waals surface area contributed by atoms with Crippen molar-refractivity contribution in [3.63, 3.8) is 0 Å². The molecule has 3 heterocycles. The lowest BCUT2D eigenvalue weighted by atomic mass is 10.2. The second-order valence-corrected chi connectivity index (χ2v) is 8.10. The average Bonchev–Trinajstić information content (AvgIpc) is 3.43. The number of morpholine rings is 1. The van der Waals surface area contributed by atoms with Gasteiger partial charge in [-0.05, 0) is 31.0 Å². The zero-order chi connectivity index (χ0) is 21.6. The number of aryl methyl sites for hydroxylation is 1. The Bertz CT molecular complexity index is 881. The van der Waals surface area contributed by atoms with Crippen LogP contribution in [0, 0.1) is 6.92 Å². The van der Waals surface area contributed by atoms with E-state index >= 15 is 0 Å². The number of nitrogens with zero attached hydrogens (tertiary/aromatic N) is 6. The van der Waals surface area contributed by atoms with Gasteiger partial charge in [0.25, 0.3) is 0 Å². The lowest BCUT2D eigenvalue weighted by Crippen LogP contribution is -2.46. The SMILES string of the molecule is COc1ccc(CN=C(NCc2nnc(C)n2C)N2CCC(N3CCOCC3)C2)cc1.I. The Morgan fingerprint density at radius 1 is 1.19 bits per heavy atom. The monoisotopic (exact) mass is 555 g/mol. The van der Waals surface area contributed by atoms with Crippen LogP contribution in [0.4, 0.5) is 0 Å². The highest BCUT2D eigenvalue weighted by Crippen LogP contribution is 2.18. The number of hydrogen-bond donors (Lipinski definition) is 1. The molecule has 2 aliphatic rings. The van der Waals surface area contributed by atoms with Crippen LogP contribution in [0.1, 0.15) is 23.6 Å². The molecule has 0 saturated carbocycles. The van der Waals surface area contributed by atoms with E-state index in [4.69, 9.17) is 14.5 Å². The van der Waals surface area contributed by atoms with E-state index in [1.54, 1.807) is 7.11 Å². The van der Waals surface area contributed by atoms with Crippen molar-refractivity contribution in [2.75, 3.05) is 46.5 Å². The molecule has 0 amide bonds. The zero-order valence-corrected chi connectivity index (χ0v) is 21.5. The van der Waals surface area contributed by atoms with Gasteiger partial charge in [-0.15, -0.1) is 34.2 Å². The first-order chi connectivity index (χ1) is 15.1. The van der Waals surface area contributed by atoms with Crippen LogP contribution in [-0.4, -0.2) is 83.1 Å². The van der Waals surface area contributed by atoms with Crippen LogP contribution in [-0.2, 0) is 24.9 Å². The van der Waals surface area contributed by atoms with Gasteiger partial charge in [-0.25, -0.2) is 4.99 Å². The Balaban J connectivity index is 0.00000289. The standard InChI is InChI=1S/C22H33N7O2.HI/c1-17-25-26-21(27(17)2)15-24-22(23-14-18-4-6-20(30-3)7-5-18)29-9-8-19(16-29)28-10-12-31-13-11-28;/h4-7,19H,8-16H2,1-3H3,(H,23,24);1H. The highest BCUT2D eigenvalue weighted by Gasteiger charge is 2.30. The number of hydrogen-bond acceptors (Lipinski definition) is 6. The van der Waals surface area contributed by atoms with E-state index in [0.717, 1.165) is 74.7 Å². The van der Waals surface area contributed by atoms with Gasteiger partial charge in [0.15, 0.2) is 11.8 Å². The third kappa shape index (κ3) is 6.10. The largest absolute Gasteiger partial charge is 0.497 e. The molecule has 1 N–H and O–H groups in total. The highest BCUT2D eigenvalue weighted by molar-refractivity contribution is 14.0. The van der Waals surface area contributed by atoms with E-state index in [1.807, 2.05) is 30.7 Å². The summed E-state index contributed by atoms with van der Waals surface area (Å²) in [4.78, 5) is 9.87. The van der Waals surface area contributed by atoms with Crippen LogP contribution in [0.3, 0.4) is 0 Å². The van der Waals surface area contributed by atoms with Crippen molar-refractivity contribution < 1.29 is 9.47 Å². The van der Waals surface area contributed by atoms with E-state index in [-0.39, 0.29) is 24.0 Å². The smallest absolute Gasteiger partial charge is 0.194 e. The molecule has 32 heavy (non-hydrogen) atoms. The number of rotatable bonds is 6. The Hall–Kier alpha value is -1.92. The van der Waals surface area contributed by atoms with Crippen molar-refractivity contribution in [3.05, 3.63) is 41.5 Å². The fraction of sp³-hybridized carbons (Fsp3) is 0.591. The van der Waals surface area contributed by atoms with Crippen LogP contribution in [0.25, 0.3) is 0 Å². The molecule has 1 aromatic carbocycles. The maximum atomic E-state index is 5.52. The quantitative estimate of drug-likeness (QED) is 0.331. The number of halogens is 1. The predicted octanol–water partition coefficient (Wildman–Crippen LogP) is 1.80. The van der Waals surface area contributed by atoms with Gasteiger partial charge in [0, 0.05) is 39.3 Å². The number of methoxy groups -OCH3 is 1. The maximum absolute atomic E-state index is 5.52. The number of benzene rings is 1. The maximum Gasteiger partial charge on any atom is 0.194 e. The minimum atomic E-state index is 0. The molecule has 1 aromatic heterocycles. The molecule has 10 heteroatoms. The number of guanidine groups is 1. The zero-order valence-electron chi connectivity index (χ0n) is 19.2. The molecule has 1 atom stereocenters. The van der Waals surface area contributed by atoms with Crippen LogP contribution in [0.5, 0.6) is 5.75 Å². The summed E-state index contributed by atoms with van der Waals surface area (Å²) in [6, 6.07) is 8.63. The van der Waals surface area contributed by atoms with Gasteiger partial charge in [-0.2, -0.15) is 0 Å². The van der Waals surface area contributed by atoms with Gasteiger partial charge in [-0.1, -0.05) is 12.1 Å². The summed E-state index contributed by atoms with van der Waals surface area (Å²) in [5, 5.41) is 12.0. The molecule has 4 rings (SSSR count). The number of aromatic nitrogens is 3. The summed E-state index contributed by atoms with van der Waals surface area (Å²) in [5.41, 5.74) is 1.15. The first kappa shape index (κ1) is 24.7. The number of ether oxygens (including phenoxy) is 2. The van der Waals surface area contributed by atoms with Crippen molar-refractivity contribution in [3.8, 4) is 5.75 Å². The predicted molar refractivity (Wildman–Crippen MR) is 134 cm³/mol. The summed E-state index contributed by atoms with van der Waals surface area (Å²) in [6.45, 7) is 8.84. The first-order valence-electron chi connectivity index (χ1n) is 11.0. The van der Waals surface area contributed by atoms with Crippen LogP contribution in [0.2, 0.25) is 0 Å². The normalized spacial score (nSPS) is 19.7. The molecule has 0 bridgehead atoms. The second kappa shape index (κ2) is 11.8. The Kier molecular flexibility index (Phi) is 9.11. The Morgan fingerprint density at radius 2 is 1.94 bits per heavy atom. The molecule has 176 valence electrons. The lowest BCUT2D eigenvalue weighted by Gasteiger charge is -2.32. The molecular weight excluding hydrogens is 521 g/mol. The lowest BCUT2D eigenvalue weighted by molar-refractivity contribution is 0.0195. The topological polar surface area (TPSA) is 80.0 Å². The molecular formula is C22H34IN7O2. The second-order valence-electron chi connectivity index (χ2n) is 8.10. The van der Waals surface area contributed by atoms with Crippen molar-refractivity contribution in [1.82, 2.24) is 29.9 Å². The van der Waals surface area contributed by atoms with E-state index < -0.39 is 0 Å². The van der Waals surface area contributed by atoms with Crippen molar-refractivity contribution in [1.29, 1.82) is 0 Å². The van der Waals surface area contributed by atoms with E-state index in [0.29, 0.717) is 19.1 Å². The van der Waals surface area contributed by atoms with Crippen LogP contribution >= 0.6 is 24.0 Å². The van der Waals surface area contributed by atoms with Crippen LogP contribution in [0.15, 0.2) is 29.3 Å². The third-order valence-corrected chi connectivity index (χ3v) is 6.18. The summed E-state index contributed by atoms with van der Waals surface area (Å²) >= 11 is 0. The fourth-order valence-corrected chi connectivity index (χ4v) is 4.10. The van der Waals surface area contributed by atoms with Gasteiger partial charge in [0.1, 0.15) is 11.6 Å². The van der Waals surface area contributed by atoms with E-state index in [9.17, 15) is 0 Å². The fourth-order valence-electron chi connectivity index (χ4n) is 4.10. The minimum Gasteiger partial charge on any atom is -0.497 e. The van der Waals surface area contributed by atoms with Gasteiger partial charge < -0.3 is 24.3 Å². The molecule has 2 fully saturated rings. The molecule has 2 saturated heterocycles. The van der Waals surface area contributed by atoms with E-state index in [2.05, 4.69) is 37.4 Å². The van der Waals surface area contributed by atoms with Gasteiger partial charge in [0.05, 0.1) is 33.4 Å². The number of nitrogens with one attached hydrogen (secondary N) is 1. The van der Waals surface area contributed by atoms with Gasteiger partial charge in [0.2, 0.25) is 0 Å². The van der Waals surface area contributed by atoms with Crippen molar-refractivity contribution in [2.45, 2.75) is 32.5 Å². The highest BCUT2D eigenvalue weighted by atomic mass is 127. The molecule has 0 aliphatic carbocycles. The average molecular weight is 555 g/mol. The first-order valence-corrected chi connectivity index (χ1v) is 11.0. The van der Waals surface area contributed by atoms with E-state index in [1.165, 1.54) is 0 Å².